The predicted octanol–water partition coefficient (Wildman–Crippen LogP) is 9.87. The summed E-state index contributed by atoms with van der Waals surface area (Å²) in [5.41, 5.74) is 5.65. The first-order valence-corrected chi connectivity index (χ1v) is 12.2. The molecule has 0 nitrogen and oxygen atoms in total. The average molecular weight is 433 g/mol. The molecule has 34 heavy (non-hydrogen) atoms. The first-order chi connectivity index (χ1) is 16.6. The van der Waals surface area contributed by atoms with Crippen molar-refractivity contribution >= 4 is 75.4 Å². The molecule has 0 saturated carbocycles. The van der Waals surface area contributed by atoms with E-state index in [0.717, 1.165) is 0 Å². The summed E-state index contributed by atoms with van der Waals surface area (Å²) in [7, 11) is 0. The zero-order valence-corrected chi connectivity index (χ0v) is 19.9. The molecule has 8 rings (SSSR count). The van der Waals surface area contributed by atoms with Gasteiger partial charge in [0.15, 0.2) is 0 Å². The fraction of sp³-hybridized carbons (Fsp3) is 0.118. The highest BCUT2D eigenvalue weighted by molar-refractivity contribution is 6.40. The maximum Gasteiger partial charge on any atom is -0.00170 e. The molecule has 0 aliphatic heterocycles. The Labute approximate surface area is 198 Å². The van der Waals surface area contributed by atoms with Gasteiger partial charge in [0.25, 0.3) is 0 Å². The Kier molecular flexibility index (Phi) is 3.25. The third kappa shape index (κ3) is 1.94. The van der Waals surface area contributed by atoms with Crippen molar-refractivity contribution < 1.29 is 0 Å². The lowest BCUT2D eigenvalue weighted by Crippen LogP contribution is -1.97. The molecule has 0 heterocycles. The van der Waals surface area contributed by atoms with Crippen molar-refractivity contribution in [1.82, 2.24) is 0 Å². The molecule has 0 aliphatic carbocycles. The van der Waals surface area contributed by atoms with Gasteiger partial charge in [-0.2, -0.15) is 0 Å². The number of aryl methyl sites for hydroxylation is 4. The van der Waals surface area contributed by atoms with E-state index in [-0.39, 0.29) is 0 Å². The van der Waals surface area contributed by atoms with Gasteiger partial charge in [0.2, 0.25) is 0 Å². The Morgan fingerprint density at radius 1 is 0.324 bits per heavy atom. The maximum absolute atomic E-state index is 2.49. The van der Waals surface area contributed by atoms with Gasteiger partial charge in [-0.15, -0.1) is 0 Å². The summed E-state index contributed by atoms with van der Waals surface area (Å²) in [6, 6.07) is 27.4. The van der Waals surface area contributed by atoms with Crippen molar-refractivity contribution in [3.63, 3.8) is 0 Å². The third-order valence-corrected chi connectivity index (χ3v) is 8.69. The van der Waals surface area contributed by atoms with Gasteiger partial charge in [0.05, 0.1) is 0 Å². The summed E-state index contributed by atoms with van der Waals surface area (Å²) in [4.78, 5) is 0. The van der Waals surface area contributed by atoms with Crippen molar-refractivity contribution in [1.29, 1.82) is 0 Å². The number of hydrogen-bond acceptors (Lipinski definition) is 0. The van der Waals surface area contributed by atoms with Crippen LogP contribution in [0.25, 0.3) is 75.4 Å². The quantitative estimate of drug-likeness (QED) is 0.224. The number of benzene rings is 6. The maximum atomic E-state index is 2.49. The molecular weight excluding hydrogens is 408 g/mol. The minimum atomic E-state index is 1.35. The molecule has 0 N–H and O–H groups in total. The summed E-state index contributed by atoms with van der Waals surface area (Å²) in [5, 5.41) is 19.8. The molecule has 0 heteroatoms. The van der Waals surface area contributed by atoms with Gasteiger partial charge in [-0.1, -0.05) is 60.7 Å². The summed E-state index contributed by atoms with van der Waals surface area (Å²) in [5.74, 6) is 0. The number of hydrogen-bond donors (Lipinski definition) is 0. The molecule has 0 bridgehead atoms. The lowest BCUT2D eigenvalue weighted by atomic mass is 9.79. The van der Waals surface area contributed by atoms with Crippen molar-refractivity contribution in [3.05, 3.63) is 95.1 Å². The van der Waals surface area contributed by atoms with Gasteiger partial charge in [-0.3, -0.25) is 0 Å². The monoisotopic (exact) mass is 432 g/mol. The largest absolute Gasteiger partial charge is 0.0616 e. The Morgan fingerprint density at radius 3 is 1.29 bits per heavy atom. The van der Waals surface area contributed by atoms with Crippen LogP contribution in [0.2, 0.25) is 0 Å². The van der Waals surface area contributed by atoms with Crippen molar-refractivity contribution in [3.8, 4) is 0 Å². The highest BCUT2D eigenvalue weighted by atomic mass is 14.3. The summed E-state index contributed by atoms with van der Waals surface area (Å²) in [6.45, 7) is 9.18. The normalized spacial score (nSPS) is 12.7. The van der Waals surface area contributed by atoms with Crippen molar-refractivity contribution in [2.75, 3.05) is 0 Å². The molecule has 0 radical (unpaired) electrons. The second-order valence-corrected chi connectivity index (χ2v) is 10.2. The van der Waals surface area contributed by atoms with Gasteiger partial charge >= 0.3 is 0 Å². The molecule has 8 aromatic rings. The molecule has 0 unspecified atom stereocenters. The first kappa shape index (κ1) is 18.5. The lowest BCUT2D eigenvalue weighted by molar-refractivity contribution is 1.53. The van der Waals surface area contributed by atoms with Crippen LogP contribution in [-0.2, 0) is 0 Å². The average Bonchev–Trinajstić information content (AvgIpc) is 2.83. The Bertz CT molecular complexity index is 2110. The van der Waals surface area contributed by atoms with Crippen LogP contribution in [0.15, 0.2) is 72.8 Å². The minimum Gasteiger partial charge on any atom is -0.0616 e. The van der Waals surface area contributed by atoms with Crippen LogP contribution in [0, 0.1) is 27.7 Å². The van der Waals surface area contributed by atoms with E-state index in [2.05, 4.69) is 100 Å². The Balaban J connectivity index is 1.56. The molecule has 0 fully saturated rings. The van der Waals surface area contributed by atoms with Gasteiger partial charge < -0.3 is 0 Å². The third-order valence-electron chi connectivity index (χ3n) is 8.69. The fourth-order valence-corrected chi connectivity index (χ4v) is 7.02. The highest BCUT2D eigenvalue weighted by Crippen LogP contribution is 2.50. The van der Waals surface area contributed by atoms with Crippen LogP contribution in [0.3, 0.4) is 0 Å². The van der Waals surface area contributed by atoms with Gasteiger partial charge in [-0.25, -0.2) is 0 Å². The summed E-state index contributed by atoms with van der Waals surface area (Å²) < 4.78 is 0. The van der Waals surface area contributed by atoms with Gasteiger partial charge in [0, 0.05) is 0 Å². The van der Waals surface area contributed by atoms with E-state index < -0.39 is 0 Å². The smallest absolute Gasteiger partial charge is 0.00170 e. The van der Waals surface area contributed by atoms with E-state index in [1.807, 2.05) is 0 Å². The molecule has 8 aromatic carbocycles. The fourth-order valence-electron chi connectivity index (χ4n) is 7.02. The molecule has 0 saturated heterocycles. The Hall–Kier alpha value is -3.90. The van der Waals surface area contributed by atoms with E-state index in [9.17, 15) is 0 Å². The van der Waals surface area contributed by atoms with E-state index in [0.29, 0.717) is 0 Å². The zero-order valence-electron chi connectivity index (χ0n) is 19.9. The SMILES string of the molecule is Cc1c2ccccc2c(C)c2c3cc4c(ccc5c6c(C)c7ccccc7c(C)c6c45)cc3c12. The van der Waals surface area contributed by atoms with Crippen LogP contribution in [0.4, 0.5) is 0 Å². The molecule has 0 aliphatic rings. The van der Waals surface area contributed by atoms with Crippen LogP contribution >= 0.6 is 0 Å². The van der Waals surface area contributed by atoms with Crippen LogP contribution in [0.1, 0.15) is 22.3 Å². The van der Waals surface area contributed by atoms with Crippen molar-refractivity contribution in [2.45, 2.75) is 27.7 Å². The van der Waals surface area contributed by atoms with Crippen LogP contribution in [-0.4, -0.2) is 0 Å². The van der Waals surface area contributed by atoms with E-state index in [4.69, 9.17) is 0 Å². The van der Waals surface area contributed by atoms with Crippen molar-refractivity contribution in [2.24, 2.45) is 0 Å². The first-order valence-electron chi connectivity index (χ1n) is 12.2. The topological polar surface area (TPSA) is 0 Å². The van der Waals surface area contributed by atoms with Gasteiger partial charge in [-0.05, 0) is 137 Å². The molecular formula is C34H24. The highest BCUT2D eigenvalue weighted by Gasteiger charge is 2.22. The number of rotatable bonds is 0. The molecule has 160 valence electrons. The predicted molar refractivity (Wildman–Crippen MR) is 150 cm³/mol. The van der Waals surface area contributed by atoms with Crippen LogP contribution in [0.5, 0.6) is 0 Å². The Morgan fingerprint density at radius 2 is 0.765 bits per heavy atom. The number of fused-ring (bicyclic) bond motifs is 12. The van der Waals surface area contributed by atoms with E-state index in [1.54, 1.807) is 0 Å². The van der Waals surface area contributed by atoms with E-state index >= 15 is 0 Å². The zero-order chi connectivity index (χ0) is 22.9. The molecule has 0 aromatic heterocycles. The standard InChI is InChI=1S/C34H24/c1-17-22-9-7-8-12-25(22)20(4)33-30(17)26-14-13-21-15-28-29(16-27(21)34(26)33)32-19(3)24-11-6-5-10-23(24)18(2)31(28)32/h5-16H,1-4H3. The second kappa shape index (κ2) is 5.96. The lowest BCUT2D eigenvalue weighted by Gasteiger charge is -2.23. The van der Waals surface area contributed by atoms with Crippen LogP contribution < -0.4 is 0 Å². The second-order valence-electron chi connectivity index (χ2n) is 10.2. The van der Waals surface area contributed by atoms with Gasteiger partial charge in [0.1, 0.15) is 0 Å². The summed E-state index contributed by atoms with van der Waals surface area (Å²) in [6.07, 6.45) is 0. The molecule has 0 spiro atoms. The minimum absolute atomic E-state index is 1.35. The summed E-state index contributed by atoms with van der Waals surface area (Å²) >= 11 is 0. The molecule has 0 amide bonds. The van der Waals surface area contributed by atoms with E-state index in [1.165, 1.54) is 97.7 Å². The molecule has 0 atom stereocenters.